The Morgan fingerprint density at radius 1 is 1.44 bits per heavy atom. The second-order valence-electron chi connectivity index (χ2n) is 3.18. The van der Waals surface area contributed by atoms with Crippen LogP contribution in [0.2, 0.25) is 0 Å². The minimum absolute atomic E-state index is 0.0475. The molecule has 0 N–H and O–H groups in total. The molecule has 0 spiro atoms. The molecule has 0 saturated carbocycles. The number of rotatable bonds is 3. The first-order valence-electron chi connectivity index (χ1n) is 3.45. The van der Waals surface area contributed by atoms with Gasteiger partial charge in [-0.1, -0.05) is 6.92 Å². The zero-order chi connectivity index (χ0) is 7.49. The van der Waals surface area contributed by atoms with E-state index in [1.54, 1.807) is 0 Å². The maximum Gasteiger partial charge on any atom is 0.0630 e. The minimum atomic E-state index is -0.0475. The highest BCUT2D eigenvalue weighted by Gasteiger charge is 2.16. The molecule has 9 heavy (non-hydrogen) atoms. The smallest absolute Gasteiger partial charge is 0.0630 e. The maximum atomic E-state index is 5.52. The highest BCUT2D eigenvalue weighted by atomic mass is 16.5. The molecule has 1 nitrogen and oxygen atoms in total. The quantitative estimate of drug-likeness (QED) is 0.568. The highest BCUT2D eigenvalue weighted by Crippen LogP contribution is 2.15. The summed E-state index contributed by atoms with van der Waals surface area (Å²) in [7, 11) is 0. The fourth-order valence-electron chi connectivity index (χ4n) is 0.697. The number of hydrogen-bond acceptors (Lipinski definition) is 1. The van der Waals surface area contributed by atoms with Crippen LogP contribution >= 0.6 is 0 Å². The van der Waals surface area contributed by atoms with E-state index in [0.29, 0.717) is 6.10 Å². The van der Waals surface area contributed by atoms with Crippen molar-refractivity contribution in [2.24, 2.45) is 0 Å². The maximum absolute atomic E-state index is 5.52. The topological polar surface area (TPSA) is 9.23 Å². The zero-order valence-corrected chi connectivity index (χ0v) is 6.90. The van der Waals surface area contributed by atoms with E-state index in [-0.39, 0.29) is 5.60 Å². The lowest BCUT2D eigenvalue weighted by Crippen LogP contribution is -2.26. The van der Waals surface area contributed by atoms with E-state index in [9.17, 15) is 0 Å². The van der Waals surface area contributed by atoms with Crippen LogP contribution in [0.4, 0.5) is 0 Å². The molecule has 0 aliphatic rings. The lowest BCUT2D eigenvalue weighted by molar-refractivity contribution is -0.0535. The second kappa shape index (κ2) is 3.21. The van der Waals surface area contributed by atoms with Crippen molar-refractivity contribution in [1.82, 2.24) is 0 Å². The van der Waals surface area contributed by atoms with Crippen molar-refractivity contribution in [3.8, 4) is 0 Å². The molecule has 0 amide bonds. The molecule has 0 aliphatic carbocycles. The summed E-state index contributed by atoms with van der Waals surface area (Å²) in [6.07, 6.45) is 1.13. The van der Waals surface area contributed by atoms with Crippen molar-refractivity contribution in [3.05, 3.63) is 6.92 Å². The number of hydrogen-bond donors (Lipinski definition) is 0. The van der Waals surface area contributed by atoms with E-state index < -0.39 is 0 Å². The molecule has 0 unspecified atom stereocenters. The summed E-state index contributed by atoms with van der Waals surface area (Å²) in [6.45, 7) is 12.0. The third-order valence-corrected chi connectivity index (χ3v) is 1.16. The van der Waals surface area contributed by atoms with Gasteiger partial charge in [-0.2, -0.15) is 0 Å². The van der Waals surface area contributed by atoms with Crippen molar-refractivity contribution in [1.29, 1.82) is 0 Å². The second-order valence-corrected chi connectivity index (χ2v) is 3.18. The fraction of sp³-hybridized carbons (Fsp3) is 0.875. The Kier molecular flexibility index (Phi) is 3.20. The van der Waals surface area contributed by atoms with E-state index in [2.05, 4.69) is 20.8 Å². The molecule has 0 atom stereocenters. The Morgan fingerprint density at radius 3 is 2.00 bits per heavy atom. The Morgan fingerprint density at radius 2 is 1.89 bits per heavy atom. The fourth-order valence-corrected chi connectivity index (χ4v) is 0.697. The van der Waals surface area contributed by atoms with Crippen LogP contribution in [0, 0.1) is 6.92 Å². The van der Waals surface area contributed by atoms with E-state index in [0.717, 1.165) is 6.42 Å². The molecule has 0 aliphatic heterocycles. The van der Waals surface area contributed by atoms with Gasteiger partial charge in [0.2, 0.25) is 0 Å². The Bertz CT molecular complexity index is 74.6. The van der Waals surface area contributed by atoms with Gasteiger partial charge < -0.3 is 4.74 Å². The minimum Gasteiger partial charge on any atom is -0.373 e. The third-order valence-electron chi connectivity index (χ3n) is 1.16. The lowest BCUT2D eigenvalue weighted by atomic mass is 10.1. The standard InChI is InChI=1S/C8H17O/c1-6-8(4,5)9-7(2)3/h7H,1,6H2,2-5H3. The number of ether oxygens (including phenoxy) is 1. The molecule has 0 aromatic carbocycles. The monoisotopic (exact) mass is 129 g/mol. The summed E-state index contributed by atoms with van der Waals surface area (Å²) in [6, 6.07) is 0. The summed E-state index contributed by atoms with van der Waals surface area (Å²) < 4.78 is 5.52. The molecule has 1 radical (unpaired) electrons. The molecule has 0 rings (SSSR count). The van der Waals surface area contributed by atoms with Crippen LogP contribution in [0.25, 0.3) is 0 Å². The van der Waals surface area contributed by atoms with Crippen LogP contribution in [0.1, 0.15) is 34.1 Å². The van der Waals surface area contributed by atoms with E-state index in [4.69, 9.17) is 4.74 Å². The molecule has 0 aromatic rings. The summed E-state index contributed by atoms with van der Waals surface area (Å²) >= 11 is 0. The van der Waals surface area contributed by atoms with Crippen LogP contribution in [0.15, 0.2) is 0 Å². The first-order chi connectivity index (χ1) is 3.98. The summed E-state index contributed by atoms with van der Waals surface area (Å²) in [5.41, 5.74) is -0.0475. The summed E-state index contributed by atoms with van der Waals surface area (Å²) in [4.78, 5) is 0. The molecule has 0 saturated heterocycles. The van der Waals surface area contributed by atoms with Crippen LogP contribution in [-0.2, 0) is 4.74 Å². The normalized spacial score (nSPS) is 12.7. The van der Waals surface area contributed by atoms with Gasteiger partial charge in [-0.3, -0.25) is 0 Å². The first kappa shape index (κ1) is 8.96. The van der Waals surface area contributed by atoms with Crippen LogP contribution in [0.3, 0.4) is 0 Å². The van der Waals surface area contributed by atoms with Crippen molar-refractivity contribution in [2.75, 3.05) is 0 Å². The van der Waals surface area contributed by atoms with Crippen molar-refractivity contribution in [3.63, 3.8) is 0 Å². The van der Waals surface area contributed by atoms with Crippen LogP contribution in [0.5, 0.6) is 0 Å². The van der Waals surface area contributed by atoms with Crippen molar-refractivity contribution < 1.29 is 4.74 Å². The predicted molar refractivity (Wildman–Crippen MR) is 40.3 cm³/mol. The van der Waals surface area contributed by atoms with Crippen LogP contribution < -0.4 is 0 Å². The molecule has 1 heteroatoms. The Hall–Kier alpha value is -0.0400. The van der Waals surface area contributed by atoms with Gasteiger partial charge in [0.05, 0.1) is 11.7 Å². The van der Waals surface area contributed by atoms with Gasteiger partial charge in [0.25, 0.3) is 0 Å². The average molecular weight is 129 g/mol. The van der Waals surface area contributed by atoms with Crippen molar-refractivity contribution in [2.45, 2.75) is 45.8 Å². The SMILES string of the molecule is [CH2]CC(C)(C)OC(C)C. The van der Waals surface area contributed by atoms with Gasteiger partial charge >= 0.3 is 0 Å². The predicted octanol–water partition coefficient (Wildman–Crippen LogP) is 2.41. The molecular formula is C8H17O. The van der Waals surface area contributed by atoms with Gasteiger partial charge in [-0.05, 0) is 34.1 Å². The molecule has 0 fully saturated rings. The van der Waals surface area contributed by atoms with Gasteiger partial charge in [-0.25, -0.2) is 0 Å². The van der Waals surface area contributed by atoms with Gasteiger partial charge in [0.1, 0.15) is 0 Å². The summed E-state index contributed by atoms with van der Waals surface area (Å²) in [5.74, 6) is 0. The highest BCUT2D eigenvalue weighted by molar-refractivity contribution is 4.69. The molecule has 0 aromatic heterocycles. The van der Waals surface area contributed by atoms with E-state index >= 15 is 0 Å². The Labute approximate surface area is 58.4 Å². The first-order valence-corrected chi connectivity index (χ1v) is 3.45. The van der Waals surface area contributed by atoms with Crippen molar-refractivity contribution >= 4 is 0 Å². The molecule has 0 heterocycles. The zero-order valence-electron chi connectivity index (χ0n) is 6.90. The third kappa shape index (κ3) is 4.46. The van der Waals surface area contributed by atoms with E-state index in [1.165, 1.54) is 0 Å². The van der Waals surface area contributed by atoms with E-state index in [1.807, 2.05) is 13.8 Å². The van der Waals surface area contributed by atoms with Gasteiger partial charge in [0.15, 0.2) is 0 Å². The lowest BCUT2D eigenvalue weighted by Gasteiger charge is -2.25. The molecular weight excluding hydrogens is 112 g/mol. The molecule has 0 bridgehead atoms. The Balaban J connectivity index is 3.58. The largest absolute Gasteiger partial charge is 0.373 e. The summed E-state index contributed by atoms with van der Waals surface area (Å²) in [5, 5.41) is 0. The van der Waals surface area contributed by atoms with Gasteiger partial charge in [0, 0.05) is 0 Å². The van der Waals surface area contributed by atoms with Crippen LogP contribution in [-0.4, -0.2) is 11.7 Å². The average Bonchev–Trinajstić information content (AvgIpc) is 1.63. The van der Waals surface area contributed by atoms with Gasteiger partial charge in [-0.15, -0.1) is 0 Å². The molecule has 55 valence electrons.